The second-order valence-corrected chi connectivity index (χ2v) is 4.60. The molecule has 2 rings (SSSR count). The highest BCUT2D eigenvalue weighted by Gasteiger charge is 2.15. The molecule has 2 heterocycles. The molecule has 0 spiro atoms. The van der Waals surface area contributed by atoms with Crippen molar-refractivity contribution in [2.75, 3.05) is 7.05 Å². The summed E-state index contributed by atoms with van der Waals surface area (Å²) >= 11 is 0. The van der Waals surface area contributed by atoms with E-state index in [9.17, 15) is 0 Å². The highest BCUT2D eigenvalue weighted by molar-refractivity contribution is 5.54. The van der Waals surface area contributed by atoms with Crippen molar-refractivity contribution >= 4 is 5.52 Å². The van der Waals surface area contributed by atoms with Gasteiger partial charge < -0.3 is 5.32 Å². The van der Waals surface area contributed by atoms with Crippen LogP contribution in [0.5, 0.6) is 0 Å². The van der Waals surface area contributed by atoms with Gasteiger partial charge in [0, 0.05) is 17.8 Å². The van der Waals surface area contributed by atoms with Crippen LogP contribution in [-0.4, -0.2) is 16.7 Å². The zero-order valence-corrected chi connectivity index (χ0v) is 10.1. The lowest BCUT2D eigenvalue weighted by atomic mass is 9.98. The van der Waals surface area contributed by atoms with Gasteiger partial charge in [0.15, 0.2) is 0 Å². The fourth-order valence-corrected chi connectivity index (χ4v) is 2.09. The Morgan fingerprint density at radius 2 is 2.19 bits per heavy atom. The fourth-order valence-electron chi connectivity index (χ4n) is 2.09. The second-order valence-electron chi connectivity index (χ2n) is 4.60. The fraction of sp³-hybridized carbons (Fsp3) is 0.462. The van der Waals surface area contributed by atoms with E-state index >= 15 is 0 Å². The lowest BCUT2D eigenvalue weighted by molar-refractivity contribution is 0.459. The van der Waals surface area contributed by atoms with E-state index in [0.29, 0.717) is 12.0 Å². The average Bonchev–Trinajstić information content (AvgIpc) is 2.69. The average molecular weight is 217 g/mol. The Morgan fingerprint density at radius 3 is 2.88 bits per heavy atom. The summed E-state index contributed by atoms with van der Waals surface area (Å²) in [6.45, 7) is 4.49. The van der Waals surface area contributed by atoms with Crippen LogP contribution in [0.2, 0.25) is 0 Å². The summed E-state index contributed by atoms with van der Waals surface area (Å²) in [6.07, 6.45) is 5.09. The van der Waals surface area contributed by atoms with Crippen LogP contribution in [0, 0.1) is 5.92 Å². The van der Waals surface area contributed by atoms with E-state index in [4.69, 9.17) is 0 Å². The van der Waals surface area contributed by atoms with Gasteiger partial charge in [0.2, 0.25) is 0 Å². The smallest absolute Gasteiger partial charge is 0.0709 e. The number of fused-ring (bicyclic) bond motifs is 1. The lowest BCUT2D eigenvalue weighted by Crippen LogP contribution is -2.18. The summed E-state index contributed by atoms with van der Waals surface area (Å²) in [4.78, 5) is 0. The molecule has 0 radical (unpaired) electrons. The molecule has 3 heteroatoms. The molecule has 0 saturated heterocycles. The maximum atomic E-state index is 4.37. The van der Waals surface area contributed by atoms with E-state index in [-0.39, 0.29) is 0 Å². The molecule has 0 aliphatic heterocycles. The van der Waals surface area contributed by atoms with Gasteiger partial charge in [-0.3, -0.25) is 0 Å². The van der Waals surface area contributed by atoms with Crippen LogP contribution in [-0.2, 0) is 0 Å². The van der Waals surface area contributed by atoms with E-state index in [1.807, 2.05) is 30.0 Å². The minimum atomic E-state index is 0.389. The molecule has 0 saturated carbocycles. The molecule has 3 nitrogen and oxygen atoms in total. The van der Waals surface area contributed by atoms with Gasteiger partial charge in [-0.2, -0.15) is 5.10 Å². The van der Waals surface area contributed by atoms with Crippen molar-refractivity contribution in [2.24, 2.45) is 5.92 Å². The van der Waals surface area contributed by atoms with Gasteiger partial charge in [-0.15, -0.1) is 0 Å². The molecular formula is C13H19N3. The predicted molar refractivity (Wildman–Crippen MR) is 66.4 cm³/mol. The highest BCUT2D eigenvalue weighted by atomic mass is 15.2. The van der Waals surface area contributed by atoms with Crippen LogP contribution in [0.25, 0.3) is 5.52 Å². The molecule has 0 amide bonds. The van der Waals surface area contributed by atoms with E-state index in [2.05, 4.69) is 36.4 Å². The van der Waals surface area contributed by atoms with Gasteiger partial charge in [-0.1, -0.05) is 19.9 Å². The number of nitrogens with one attached hydrogen (secondary N) is 1. The summed E-state index contributed by atoms with van der Waals surface area (Å²) in [5.74, 6) is 0.677. The zero-order valence-electron chi connectivity index (χ0n) is 10.1. The topological polar surface area (TPSA) is 29.3 Å². The molecule has 1 N–H and O–H groups in total. The number of nitrogens with zero attached hydrogens (tertiary/aromatic N) is 2. The van der Waals surface area contributed by atoms with Crippen molar-refractivity contribution in [1.82, 2.24) is 14.9 Å². The molecule has 0 fully saturated rings. The van der Waals surface area contributed by atoms with E-state index < -0.39 is 0 Å². The zero-order chi connectivity index (χ0) is 11.5. The van der Waals surface area contributed by atoms with Crippen LogP contribution in [0.4, 0.5) is 0 Å². The Balaban J connectivity index is 2.37. The molecule has 0 aliphatic carbocycles. The molecule has 1 unspecified atom stereocenters. The standard InChI is InChI=1S/C13H19N3/c1-10(2)8-12(14-3)11-9-15-16-7-5-4-6-13(11)16/h4-7,9-10,12,14H,8H2,1-3H3. The monoisotopic (exact) mass is 217 g/mol. The minimum absolute atomic E-state index is 0.389. The van der Waals surface area contributed by atoms with Crippen LogP contribution < -0.4 is 5.32 Å². The van der Waals surface area contributed by atoms with Gasteiger partial charge in [0.25, 0.3) is 0 Å². The maximum Gasteiger partial charge on any atom is 0.0709 e. The Morgan fingerprint density at radius 1 is 1.38 bits per heavy atom. The first kappa shape index (κ1) is 11.1. The number of pyridine rings is 1. The molecule has 1 atom stereocenters. The first-order valence-corrected chi connectivity index (χ1v) is 5.82. The summed E-state index contributed by atoms with van der Waals surface area (Å²) in [5, 5.41) is 7.75. The van der Waals surface area contributed by atoms with Gasteiger partial charge in [0.1, 0.15) is 0 Å². The van der Waals surface area contributed by atoms with E-state index in [1.54, 1.807) is 0 Å². The number of hydrogen-bond donors (Lipinski definition) is 1. The molecule has 0 aromatic carbocycles. The summed E-state index contributed by atoms with van der Waals surface area (Å²) in [7, 11) is 2.01. The van der Waals surface area contributed by atoms with Crippen LogP contribution in [0.15, 0.2) is 30.6 Å². The van der Waals surface area contributed by atoms with Crippen molar-refractivity contribution in [3.05, 3.63) is 36.2 Å². The molecule has 0 bridgehead atoms. The van der Waals surface area contributed by atoms with Crippen molar-refractivity contribution in [3.63, 3.8) is 0 Å². The molecule has 2 aromatic rings. The third kappa shape index (κ3) is 2.09. The number of aromatic nitrogens is 2. The Bertz CT molecular complexity index is 459. The van der Waals surface area contributed by atoms with Gasteiger partial charge in [-0.25, -0.2) is 4.52 Å². The summed E-state index contributed by atoms with van der Waals surface area (Å²) in [5.41, 5.74) is 2.49. The Kier molecular flexibility index (Phi) is 3.25. The largest absolute Gasteiger partial charge is 0.313 e. The van der Waals surface area contributed by atoms with Crippen LogP contribution in [0.3, 0.4) is 0 Å². The highest BCUT2D eigenvalue weighted by Crippen LogP contribution is 2.24. The van der Waals surface area contributed by atoms with Gasteiger partial charge >= 0.3 is 0 Å². The molecule has 16 heavy (non-hydrogen) atoms. The van der Waals surface area contributed by atoms with E-state index in [1.165, 1.54) is 11.1 Å². The second kappa shape index (κ2) is 4.66. The molecule has 2 aromatic heterocycles. The van der Waals surface area contributed by atoms with Crippen LogP contribution in [0.1, 0.15) is 31.9 Å². The molecular weight excluding hydrogens is 198 g/mol. The van der Waals surface area contributed by atoms with Gasteiger partial charge in [0.05, 0.1) is 11.7 Å². The number of hydrogen-bond acceptors (Lipinski definition) is 2. The molecule has 86 valence electrons. The SMILES string of the molecule is CNC(CC(C)C)c1cnn2ccccc12. The van der Waals surface area contributed by atoms with Crippen molar-refractivity contribution in [3.8, 4) is 0 Å². The minimum Gasteiger partial charge on any atom is -0.313 e. The maximum absolute atomic E-state index is 4.37. The quantitative estimate of drug-likeness (QED) is 0.853. The van der Waals surface area contributed by atoms with Crippen molar-refractivity contribution in [1.29, 1.82) is 0 Å². The summed E-state index contributed by atoms with van der Waals surface area (Å²) in [6, 6.07) is 6.57. The third-order valence-corrected chi connectivity index (χ3v) is 2.89. The van der Waals surface area contributed by atoms with Crippen LogP contribution >= 0.6 is 0 Å². The first-order valence-electron chi connectivity index (χ1n) is 5.82. The van der Waals surface area contributed by atoms with Crippen molar-refractivity contribution in [2.45, 2.75) is 26.3 Å². The number of rotatable bonds is 4. The van der Waals surface area contributed by atoms with Gasteiger partial charge in [-0.05, 0) is 31.5 Å². The summed E-state index contributed by atoms with van der Waals surface area (Å²) < 4.78 is 1.93. The lowest BCUT2D eigenvalue weighted by Gasteiger charge is -2.17. The normalized spacial score (nSPS) is 13.5. The Labute approximate surface area is 96.5 Å². The van der Waals surface area contributed by atoms with E-state index in [0.717, 1.165) is 6.42 Å². The molecule has 0 aliphatic rings. The predicted octanol–water partition coefficient (Wildman–Crippen LogP) is 2.64. The Hall–Kier alpha value is -1.35. The third-order valence-electron chi connectivity index (χ3n) is 2.89. The first-order chi connectivity index (χ1) is 7.72. The van der Waals surface area contributed by atoms with Crippen molar-refractivity contribution < 1.29 is 0 Å².